The van der Waals surface area contributed by atoms with Crippen molar-refractivity contribution in [3.8, 4) is 0 Å². The van der Waals surface area contributed by atoms with E-state index in [2.05, 4.69) is 0 Å². The molecule has 1 aliphatic rings. The number of thiophene rings is 1. The minimum Gasteiger partial charge on any atom is -0.346 e. The highest BCUT2D eigenvalue weighted by Crippen LogP contribution is 2.23. The van der Waals surface area contributed by atoms with E-state index in [0.717, 1.165) is 17.6 Å². The number of ketones is 1. The summed E-state index contributed by atoms with van der Waals surface area (Å²) < 4.78 is 22.8. The van der Waals surface area contributed by atoms with E-state index in [1.54, 1.807) is 12.3 Å². The van der Waals surface area contributed by atoms with Crippen LogP contribution in [0.5, 0.6) is 0 Å². The fourth-order valence-electron chi connectivity index (χ4n) is 1.96. The van der Waals surface area contributed by atoms with Crippen LogP contribution in [-0.2, 0) is 14.8 Å². The van der Waals surface area contributed by atoms with Gasteiger partial charge >= 0.3 is 0 Å². The lowest BCUT2D eigenvalue weighted by atomic mass is 10.1. The molecule has 0 atom stereocenters. The van der Waals surface area contributed by atoms with Crippen molar-refractivity contribution in [2.45, 2.75) is 6.42 Å². The predicted octanol–water partition coefficient (Wildman–Crippen LogP) is 0.604. The average Bonchev–Trinajstić information content (AvgIpc) is 3.03. The second kappa shape index (κ2) is 7.13. The second-order valence-electron chi connectivity index (χ2n) is 5.13. The highest BCUT2D eigenvalue weighted by Gasteiger charge is 2.25. The minimum absolute atomic E-state index is 0.0976. The third kappa shape index (κ3) is 4.49. The molecule has 1 aromatic heterocycles. The lowest BCUT2D eigenvalue weighted by molar-refractivity contribution is -0.384. The van der Waals surface area contributed by atoms with E-state index in [0.29, 0.717) is 0 Å². The van der Waals surface area contributed by atoms with Gasteiger partial charge in [0.15, 0.2) is 5.78 Å². The number of nitro groups is 1. The van der Waals surface area contributed by atoms with Gasteiger partial charge in [-0.05, 0) is 6.42 Å². The number of carbonyl (C=O) groups excluding carboxylic acids is 2. The number of rotatable bonds is 6. The molecule has 0 unspecified atom stereocenters. The molecule has 0 fully saturated rings. The molecule has 10 nitrogen and oxygen atoms in total. The molecule has 0 radical (unpaired) electrons. The summed E-state index contributed by atoms with van der Waals surface area (Å²) in [6.07, 6.45) is 5.42. The Bertz CT molecular complexity index is 886. The Hall–Kier alpha value is -2.57. The summed E-state index contributed by atoms with van der Waals surface area (Å²) in [6, 6.07) is 1.18. The van der Waals surface area contributed by atoms with Gasteiger partial charge < -0.3 is 4.90 Å². The summed E-state index contributed by atoms with van der Waals surface area (Å²) in [7, 11) is -3.89. The third-order valence-electron chi connectivity index (χ3n) is 3.19. The number of hydrazine groups is 1. The zero-order valence-electron chi connectivity index (χ0n) is 13.0. The molecular weight excluding hydrogens is 372 g/mol. The third-order valence-corrected chi connectivity index (χ3v) is 5.03. The lowest BCUT2D eigenvalue weighted by Crippen LogP contribution is -2.43. The standard InChI is InChI=1S/C13H14N4O6S2/c1-25(22,23)16(14)13(19)9-3-2-4-15(6-9)7-11(18)12-5-10(8-24-12)17(20)21/h2,4-6,8H,3,7,14H2,1H3. The molecule has 134 valence electrons. The van der Waals surface area contributed by atoms with E-state index in [9.17, 15) is 28.1 Å². The number of sulfonamides is 1. The molecule has 0 saturated heterocycles. The van der Waals surface area contributed by atoms with Gasteiger partial charge in [0.2, 0.25) is 10.0 Å². The van der Waals surface area contributed by atoms with Crippen molar-refractivity contribution in [3.05, 3.63) is 50.5 Å². The van der Waals surface area contributed by atoms with Crippen LogP contribution >= 0.6 is 11.3 Å². The lowest BCUT2D eigenvalue weighted by Gasteiger charge is -2.22. The highest BCUT2D eigenvalue weighted by molar-refractivity contribution is 7.88. The van der Waals surface area contributed by atoms with Crippen LogP contribution in [0.3, 0.4) is 0 Å². The van der Waals surface area contributed by atoms with Crippen LogP contribution in [0, 0.1) is 10.1 Å². The van der Waals surface area contributed by atoms with E-state index < -0.39 is 20.9 Å². The molecule has 2 heterocycles. The number of Topliss-reactive ketones (excluding diaryl/α,β-unsaturated/α-hetero) is 1. The number of hydrogen-bond donors (Lipinski definition) is 1. The molecule has 0 aromatic carbocycles. The Labute approximate surface area is 147 Å². The van der Waals surface area contributed by atoms with Gasteiger partial charge in [-0.2, -0.15) is 4.41 Å². The van der Waals surface area contributed by atoms with E-state index in [1.165, 1.54) is 22.5 Å². The smallest absolute Gasteiger partial charge is 0.280 e. The predicted molar refractivity (Wildman–Crippen MR) is 89.7 cm³/mol. The van der Waals surface area contributed by atoms with E-state index in [1.807, 2.05) is 0 Å². The summed E-state index contributed by atoms with van der Waals surface area (Å²) in [4.78, 5) is 35.9. The molecule has 0 saturated carbocycles. The number of nitrogens with two attached hydrogens (primary N) is 1. The van der Waals surface area contributed by atoms with Crippen molar-refractivity contribution in [1.82, 2.24) is 9.31 Å². The Balaban J connectivity index is 2.11. The Morgan fingerprint density at radius 2 is 2.16 bits per heavy atom. The molecule has 1 aliphatic heterocycles. The van der Waals surface area contributed by atoms with Crippen molar-refractivity contribution < 1.29 is 22.9 Å². The number of carbonyl (C=O) groups is 2. The van der Waals surface area contributed by atoms with E-state index in [-0.39, 0.29) is 39.3 Å². The molecule has 12 heteroatoms. The van der Waals surface area contributed by atoms with Crippen LogP contribution in [0.15, 0.2) is 35.5 Å². The van der Waals surface area contributed by atoms with Crippen LogP contribution < -0.4 is 5.84 Å². The molecule has 0 spiro atoms. The van der Waals surface area contributed by atoms with Crippen LogP contribution in [0.2, 0.25) is 0 Å². The van der Waals surface area contributed by atoms with Crippen molar-refractivity contribution >= 4 is 38.7 Å². The first-order valence-corrected chi connectivity index (χ1v) is 9.51. The maximum Gasteiger partial charge on any atom is 0.280 e. The Kier molecular flexibility index (Phi) is 5.35. The maximum atomic E-state index is 12.2. The van der Waals surface area contributed by atoms with E-state index in [4.69, 9.17) is 5.84 Å². The van der Waals surface area contributed by atoms with Crippen LogP contribution in [0.4, 0.5) is 5.69 Å². The van der Waals surface area contributed by atoms with Gasteiger partial charge in [0.05, 0.1) is 28.0 Å². The molecule has 0 aliphatic carbocycles. The van der Waals surface area contributed by atoms with Crippen LogP contribution in [-0.4, -0.2) is 47.1 Å². The molecule has 1 amide bonds. The van der Waals surface area contributed by atoms with Crippen LogP contribution in [0.25, 0.3) is 0 Å². The molecule has 2 N–H and O–H groups in total. The second-order valence-corrected chi connectivity index (χ2v) is 7.90. The van der Waals surface area contributed by atoms with Gasteiger partial charge in [0.1, 0.15) is 0 Å². The van der Waals surface area contributed by atoms with Crippen LogP contribution in [0.1, 0.15) is 16.1 Å². The average molecular weight is 386 g/mol. The summed E-state index contributed by atoms with van der Waals surface area (Å²) in [6.45, 7) is -0.158. The topological polar surface area (TPSA) is 144 Å². The molecular formula is C13H14N4O6S2. The molecule has 25 heavy (non-hydrogen) atoms. The van der Waals surface area contributed by atoms with Crippen molar-refractivity contribution in [2.24, 2.45) is 5.84 Å². The minimum atomic E-state index is -3.89. The summed E-state index contributed by atoms with van der Waals surface area (Å²) >= 11 is 0.953. The first-order valence-electron chi connectivity index (χ1n) is 6.78. The Morgan fingerprint density at radius 3 is 2.72 bits per heavy atom. The first-order chi connectivity index (χ1) is 11.6. The van der Waals surface area contributed by atoms with Gasteiger partial charge in [-0.15, -0.1) is 11.3 Å². The van der Waals surface area contributed by atoms with Crippen molar-refractivity contribution in [1.29, 1.82) is 0 Å². The molecule has 1 aromatic rings. The zero-order chi connectivity index (χ0) is 18.8. The number of amides is 1. The summed E-state index contributed by atoms with van der Waals surface area (Å²) in [5.41, 5.74) is -0.0683. The fourth-order valence-corrected chi connectivity index (χ4v) is 3.16. The fraction of sp³-hybridized carbons (Fsp3) is 0.231. The quantitative estimate of drug-likeness (QED) is 0.246. The molecule has 2 rings (SSSR count). The molecule has 0 bridgehead atoms. The highest BCUT2D eigenvalue weighted by atomic mass is 32.2. The summed E-state index contributed by atoms with van der Waals surface area (Å²) in [5.74, 6) is 4.01. The first kappa shape index (κ1) is 18.8. The van der Waals surface area contributed by atoms with Gasteiger partial charge in [-0.25, -0.2) is 14.3 Å². The summed E-state index contributed by atoms with van der Waals surface area (Å²) in [5, 5.41) is 11.9. The van der Waals surface area contributed by atoms with Gasteiger partial charge in [0.25, 0.3) is 11.6 Å². The normalized spacial score (nSPS) is 14.2. The number of hydrogen-bond acceptors (Lipinski definition) is 9. The largest absolute Gasteiger partial charge is 0.346 e. The van der Waals surface area contributed by atoms with E-state index >= 15 is 0 Å². The monoisotopic (exact) mass is 386 g/mol. The SMILES string of the molecule is CS(=O)(=O)N(N)C(=O)C1=CN(CC(=O)c2cc([N+](=O)[O-])cs2)C=CC1. The van der Waals surface area contributed by atoms with Gasteiger partial charge in [-0.1, -0.05) is 6.08 Å². The number of nitrogens with zero attached hydrogens (tertiary/aromatic N) is 3. The van der Waals surface area contributed by atoms with Gasteiger partial charge in [-0.3, -0.25) is 19.7 Å². The van der Waals surface area contributed by atoms with Crippen molar-refractivity contribution in [2.75, 3.05) is 12.8 Å². The maximum absolute atomic E-state index is 12.2. The zero-order valence-corrected chi connectivity index (χ0v) is 14.6. The number of allylic oxidation sites excluding steroid dienone is 1. The van der Waals surface area contributed by atoms with Gasteiger partial charge in [0, 0.05) is 24.0 Å². The Morgan fingerprint density at radius 1 is 1.48 bits per heavy atom. The van der Waals surface area contributed by atoms with Crippen molar-refractivity contribution in [3.63, 3.8) is 0 Å².